The predicted molar refractivity (Wildman–Crippen MR) is 96.5 cm³/mol. The van der Waals surface area contributed by atoms with Crippen molar-refractivity contribution >= 4 is 5.78 Å². The Morgan fingerprint density at radius 1 is 1.12 bits per heavy atom. The summed E-state index contributed by atoms with van der Waals surface area (Å²) in [5, 5.41) is 0. The quantitative estimate of drug-likeness (QED) is 0.664. The molecule has 0 aromatic heterocycles. The molecule has 4 aliphatic carbocycles. The van der Waals surface area contributed by atoms with Crippen molar-refractivity contribution < 1.29 is 4.79 Å². The highest BCUT2D eigenvalue weighted by Gasteiger charge is 2.63. The Morgan fingerprint density at radius 2 is 1.92 bits per heavy atom. The highest BCUT2D eigenvalue weighted by molar-refractivity contribution is 6.01. The van der Waals surface area contributed by atoms with Crippen LogP contribution in [0.1, 0.15) is 52.4 Å². The molecule has 1 spiro atoms. The maximum absolute atomic E-state index is 11.9. The Bertz CT molecular complexity index is 648. The van der Waals surface area contributed by atoms with Gasteiger partial charge in [0.25, 0.3) is 0 Å². The summed E-state index contributed by atoms with van der Waals surface area (Å²) in [6, 6.07) is 0.772. The summed E-state index contributed by atoms with van der Waals surface area (Å²) < 4.78 is 0. The van der Waals surface area contributed by atoms with Gasteiger partial charge in [-0.25, -0.2) is 0 Å². The molecule has 1 aliphatic heterocycles. The van der Waals surface area contributed by atoms with E-state index in [0.717, 1.165) is 36.1 Å². The Kier molecular flexibility index (Phi) is 3.10. The fourth-order valence-corrected chi connectivity index (χ4v) is 8.00. The molecule has 1 heterocycles. The molecule has 130 valence electrons. The summed E-state index contributed by atoms with van der Waals surface area (Å²) in [6.45, 7) is 6.22. The van der Waals surface area contributed by atoms with Gasteiger partial charge in [-0.3, -0.25) is 4.79 Å². The first kappa shape index (κ1) is 15.4. The lowest BCUT2D eigenvalue weighted by Crippen LogP contribution is -2.51. The molecule has 5 aliphatic rings. The third-order valence-electron chi connectivity index (χ3n) is 9.16. The van der Waals surface area contributed by atoms with Crippen molar-refractivity contribution in [2.24, 2.45) is 34.5 Å². The number of allylic oxidation sites excluding steroid dienone is 4. The Labute approximate surface area is 146 Å². The van der Waals surface area contributed by atoms with Crippen LogP contribution in [0.3, 0.4) is 0 Å². The summed E-state index contributed by atoms with van der Waals surface area (Å²) in [6.07, 6.45) is 14.3. The van der Waals surface area contributed by atoms with E-state index in [1.165, 1.54) is 44.2 Å². The first-order valence-corrected chi connectivity index (χ1v) is 10.1. The van der Waals surface area contributed by atoms with Gasteiger partial charge < -0.3 is 4.90 Å². The van der Waals surface area contributed by atoms with Crippen LogP contribution in [0, 0.1) is 34.5 Å². The number of carbonyl (C=O) groups excluding carboxylic acids is 1. The molecule has 2 heteroatoms. The molecule has 1 saturated heterocycles. The van der Waals surface area contributed by atoms with Crippen LogP contribution in [0.15, 0.2) is 23.8 Å². The minimum absolute atomic E-state index is 0.159. The van der Waals surface area contributed by atoms with Gasteiger partial charge in [0.2, 0.25) is 0 Å². The fraction of sp³-hybridized carbons (Fsp3) is 0.773. The highest BCUT2D eigenvalue weighted by atomic mass is 16.1. The van der Waals surface area contributed by atoms with Crippen LogP contribution in [0.5, 0.6) is 0 Å². The normalized spacial score (nSPS) is 53.2. The van der Waals surface area contributed by atoms with Gasteiger partial charge in [-0.05, 0) is 93.7 Å². The molecular weight excluding hydrogens is 294 g/mol. The molecular formula is C22H31NO. The predicted octanol–water partition coefficient (Wildman–Crippen LogP) is 4.22. The van der Waals surface area contributed by atoms with Crippen molar-refractivity contribution in [1.82, 2.24) is 4.90 Å². The molecule has 0 bridgehead atoms. The van der Waals surface area contributed by atoms with Crippen LogP contribution in [0.25, 0.3) is 0 Å². The van der Waals surface area contributed by atoms with Crippen molar-refractivity contribution in [3.8, 4) is 0 Å². The number of hydrogen-bond donors (Lipinski definition) is 0. The molecule has 0 radical (unpaired) electrons. The summed E-state index contributed by atoms with van der Waals surface area (Å²) >= 11 is 0. The summed E-state index contributed by atoms with van der Waals surface area (Å²) in [5.74, 6) is 3.71. The minimum atomic E-state index is 0.159. The van der Waals surface area contributed by atoms with E-state index >= 15 is 0 Å². The second-order valence-electron chi connectivity index (χ2n) is 9.71. The lowest BCUT2D eigenvalue weighted by Gasteiger charge is -2.57. The molecule has 0 unspecified atom stereocenters. The van der Waals surface area contributed by atoms with Crippen molar-refractivity contribution in [2.75, 3.05) is 13.6 Å². The number of rotatable bonds is 0. The van der Waals surface area contributed by atoms with E-state index in [9.17, 15) is 4.79 Å². The van der Waals surface area contributed by atoms with E-state index in [0.29, 0.717) is 5.41 Å². The van der Waals surface area contributed by atoms with Gasteiger partial charge in [0.05, 0.1) is 0 Å². The van der Waals surface area contributed by atoms with Crippen molar-refractivity contribution in [3.05, 3.63) is 23.8 Å². The smallest absolute Gasteiger partial charge is 0.178 e. The molecule has 24 heavy (non-hydrogen) atoms. The molecule has 4 fully saturated rings. The van der Waals surface area contributed by atoms with Crippen LogP contribution < -0.4 is 0 Å². The maximum Gasteiger partial charge on any atom is 0.178 e. The van der Waals surface area contributed by atoms with E-state index < -0.39 is 0 Å². The van der Waals surface area contributed by atoms with Gasteiger partial charge in [0.1, 0.15) is 0 Å². The second-order valence-corrected chi connectivity index (χ2v) is 9.71. The molecule has 0 aromatic carbocycles. The van der Waals surface area contributed by atoms with Crippen LogP contribution in [-0.2, 0) is 4.79 Å². The zero-order valence-corrected chi connectivity index (χ0v) is 15.4. The molecule has 3 saturated carbocycles. The lowest BCUT2D eigenvalue weighted by atomic mass is 9.47. The van der Waals surface area contributed by atoms with Crippen LogP contribution in [0.4, 0.5) is 0 Å². The number of carbonyl (C=O) groups is 1. The van der Waals surface area contributed by atoms with Crippen LogP contribution >= 0.6 is 0 Å². The van der Waals surface area contributed by atoms with Gasteiger partial charge in [-0.1, -0.05) is 18.6 Å². The van der Waals surface area contributed by atoms with Crippen molar-refractivity contribution in [2.45, 2.75) is 58.4 Å². The topological polar surface area (TPSA) is 20.3 Å². The molecule has 2 nitrogen and oxygen atoms in total. The largest absolute Gasteiger partial charge is 0.303 e. The van der Waals surface area contributed by atoms with E-state index in [4.69, 9.17) is 0 Å². The first-order valence-electron chi connectivity index (χ1n) is 10.1. The summed E-state index contributed by atoms with van der Waals surface area (Å²) in [4.78, 5) is 14.5. The number of fused-ring (bicyclic) bond motifs is 4. The number of hydrogen-bond acceptors (Lipinski definition) is 2. The zero-order chi connectivity index (χ0) is 16.7. The molecule has 7 atom stereocenters. The molecule has 0 N–H and O–H groups in total. The Hall–Kier alpha value is -0.890. The minimum Gasteiger partial charge on any atom is -0.303 e. The average molecular weight is 325 g/mol. The molecule has 0 aromatic rings. The zero-order valence-electron chi connectivity index (χ0n) is 15.4. The lowest BCUT2D eigenvalue weighted by molar-refractivity contribution is -0.111. The van der Waals surface area contributed by atoms with Gasteiger partial charge >= 0.3 is 0 Å². The SMILES string of the molecule is C[C@H]1[C@H]2CC[C@H]3[C@H]4CCC5=CC(=O)C=C[C@@]5(C)[C@H]4CC[C@@]23CN1C. The second kappa shape index (κ2) is 4.84. The number of ketones is 1. The van der Waals surface area contributed by atoms with E-state index in [-0.39, 0.29) is 11.2 Å². The van der Waals surface area contributed by atoms with Crippen LogP contribution in [-0.4, -0.2) is 30.3 Å². The Balaban J connectivity index is 1.51. The first-order chi connectivity index (χ1) is 11.5. The summed E-state index contributed by atoms with van der Waals surface area (Å²) in [5.41, 5.74) is 2.20. The van der Waals surface area contributed by atoms with Gasteiger partial charge in [-0.2, -0.15) is 0 Å². The third-order valence-corrected chi connectivity index (χ3v) is 9.16. The number of likely N-dealkylation sites (tertiary alicyclic amines) is 1. The monoisotopic (exact) mass is 325 g/mol. The fourth-order valence-electron chi connectivity index (χ4n) is 8.00. The molecule has 5 rings (SSSR count). The molecule has 0 amide bonds. The standard InChI is InChI=1S/C22H31NO/c1-14-18-6-7-20-17-5-4-15-12-16(24)8-10-21(15,2)19(17)9-11-22(18,20)13-23(14)3/h8,10,12,14,17-20H,4-7,9,11,13H2,1-3H3/t14-,17-,18+,19-,20-,21+,22+/m0/s1. The van der Waals surface area contributed by atoms with E-state index in [1.807, 2.05) is 12.2 Å². The van der Waals surface area contributed by atoms with Crippen LogP contribution in [0.2, 0.25) is 0 Å². The van der Waals surface area contributed by atoms with Gasteiger partial charge in [0, 0.05) is 18.0 Å². The Morgan fingerprint density at radius 3 is 2.75 bits per heavy atom. The van der Waals surface area contributed by atoms with E-state index in [1.54, 1.807) is 0 Å². The maximum atomic E-state index is 11.9. The third kappa shape index (κ3) is 1.74. The van der Waals surface area contributed by atoms with Gasteiger partial charge in [-0.15, -0.1) is 0 Å². The van der Waals surface area contributed by atoms with Gasteiger partial charge in [0.15, 0.2) is 5.78 Å². The summed E-state index contributed by atoms with van der Waals surface area (Å²) in [7, 11) is 2.35. The number of nitrogens with zero attached hydrogens (tertiary/aromatic N) is 1. The van der Waals surface area contributed by atoms with E-state index in [2.05, 4.69) is 31.9 Å². The van der Waals surface area contributed by atoms with Crippen molar-refractivity contribution in [1.29, 1.82) is 0 Å². The van der Waals surface area contributed by atoms with Crippen molar-refractivity contribution in [3.63, 3.8) is 0 Å². The highest BCUT2D eigenvalue weighted by Crippen LogP contribution is 2.68. The average Bonchev–Trinajstić information content (AvgIpc) is 3.03.